The minimum absolute atomic E-state index is 0.640. The molecule has 0 heterocycles. The van der Waals surface area contributed by atoms with E-state index in [9.17, 15) is 0 Å². The molecule has 0 aromatic carbocycles. The summed E-state index contributed by atoms with van der Waals surface area (Å²) in [5.41, 5.74) is 2.94. The molecule has 0 aliphatic rings. The van der Waals surface area contributed by atoms with Gasteiger partial charge in [0.15, 0.2) is 0 Å². The van der Waals surface area contributed by atoms with Crippen molar-refractivity contribution in [3.8, 4) is 0 Å². The maximum atomic E-state index is 2.29. The van der Waals surface area contributed by atoms with Crippen LogP contribution in [0.1, 0.15) is 48.0 Å². The molecule has 0 aliphatic heterocycles. The second-order valence-corrected chi connectivity index (χ2v) is 4.78. The molecule has 0 heteroatoms. The van der Waals surface area contributed by atoms with E-state index in [0.717, 1.165) is 0 Å². The summed E-state index contributed by atoms with van der Waals surface area (Å²) in [7, 11) is 0. The second-order valence-electron chi connectivity index (χ2n) is 4.78. The predicted octanol–water partition coefficient (Wildman–Crippen LogP) is 5.14. The van der Waals surface area contributed by atoms with Crippen molar-refractivity contribution in [2.45, 2.75) is 48.0 Å². The van der Waals surface area contributed by atoms with Crippen LogP contribution in [0, 0.1) is 11.8 Å². The van der Waals surface area contributed by atoms with Crippen molar-refractivity contribution in [2.24, 2.45) is 11.8 Å². The van der Waals surface area contributed by atoms with E-state index in [-0.39, 0.29) is 0 Å². The fourth-order valence-electron chi connectivity index (χ4n) is 1.36. The third kappa shape index (κ3) is 7.18. The SMILES string of the molecule is CC=C(C)CC(C)C(C)=CC=CC(C)C. The van der Waals surface area contributed by atoms with Crippen molar-refractivity contribution in [3.63, 3.8) is 0 Å². The highest BCUT2D eigenvalue weighted by atomic mass is 14.1. The summed E-state index contributed by atoms with van der Waals surface area (Å²) >= 11 is 0. The molecule has 0 aliphatic carbocycles. The van der Waals surface area contributed by atoms with E-state index >= 15 is 0 Å². The monoisotopic (exact) mass is 206 g/mol. The molecule has 0 rings (SSSR count). The molecule has 0 radical (unpaired) electrons. The highest BCUT2D eigenvalue weighted by Gasteiger charge is 2.03. The van der Waals surface area contributed by atoms with Gasteiger partial charge in [0.1, 0.15) is 0 Å². The Morgan fingerprint density at radius 2 is 1.73 bits per heavy atom. The van der Waals surface area contributed by atoms with Crippen LogP contribution in [0.5, 0.6) is 0 Å². The van der Waals surface area contributed by atoms with Crippen molar-refractivity contribution in [2.75, 3.05) is 0 Å². The predicted molar refractivity (Wildman–Crippen MR) is 70.9 cm³/mol. The van der Waals surface area contributed by atoms with Crippen LogP contribution in [0.15, 0.2) is 35.5 Å². The van der Waals surface area contributed by atoms with Crippen LogP contribution in [0.25, 0.3) is 0 Å². The first-order valence-electron chi connectivity index (χ1n) is 5.94. The quantitative estimate of drug-likeness (QED) is 0.432. The Hall–Kier alpha value is -0.780. The standard InChI is InChI=1S/C15H26/c1-7-13(4)11-15(6)14(5)10-8-9-12(2)3/h7-10,12,15H,11H2,1-6H3. The number of hydrogen-bond acceptors (Lipinski definition) is 0. The van der Waals surface area contributed by atoms with Gasteiger partial charge in [-0.1, -0.05) is 56.2 Å². The highest BCUT2D eigenvalue weighted by Crippen LogP contribution is 2.18. The van der Waals surface area contributed by atoms with Crippen LogP contribution in [-0.2, 0) is 0 Å². The van der Waals surface area contributed by atoms with Crippen molar-refractivity contribution >= 4 is 0 Å². The van der Waals surface area contributed by atoms with Gasteiger partial charge in [-0.2, -0.15) is 0 Å². The van der Waals surface area contributed by atoms with Crippen LogP contribution >= 0.6 is 0 Å². The van der Waals surface area contributed by atoms with Gasteiger partial charge in [-0.15, -0.1) is 0 Å². The van der Waals surface area contributed by atoms with Gasteiger partial charge in [-0.3, -0.25) is 0 Å². The van der Waals surface area contributed by atoms with Gasteiger partial charge in [-0.05, 0) is 39.0 Å². The zero-order valence-corrected chi connectivity index (χ0v) is 11.2. The Morgan fingerprint density at radius 1 is 1.13 bits per heavy atom. The first-order chi connectivity index (χ1) is 6.97. The minimum Gasteiger partial charge on any atom is -0.0887 e. The normalized spacial score (nSPS) is 16.5. The molecule has 15 heavy (non-hydrogen) atoms. The van der Waals surface area contributed by atoms with Gasteiger partial charge in [0, 0.05) is 0 Å². The smallest absolute Gasteiger partial charge is 0.0194 e. The zero-order chi connectivity index (χ0) is 11.8. The van der Waals surface area contributed by atoms with E-state index < -0.39 is 0 Å². The Kier molecular flexibility index (Phi) is 7.11. The van der Waals surface area contributed by atoms with E-state index in [1.807, 2.05) is 0 Å². The summed E-state index contributed by atoms with van der Waals surface area (Å²) in [6, 6.07) is 0. The van der Waals surface area contributed by atoms with Gasteiger partial charge in [0.2, 0.25) is 0 Å². The summed E-state index contributed by atoms with van der Waals surface area (Å²) in [4.78, 5) is 0. The topological polar surface area (TPSA) is 0 Å². The highest BCUT2D eigenvalue weighted by molar-refractivity contribution is 5.15. The lowest BCUT2D eigenvalue weighted by Crippen LogP contribution is -1.96. The second kappa shape index (κ2) is 7.50. The zero-order valence-electron chi connectivity index (χ0n) is 11.2. The summed E-state index contributed by atoms with van der Waals surface area (Å²) in [6.45, 7) is 13.2. The van der Waals surface area contributed by atoms with E-state index in [4.69, 9.17) is 0 Å². The molecule has 0 saturated heterocycles. The van der Waals surface area contributed by atoms with Gasteiger partial charge < -0.3 is 0 Å². The van der Waals surface area contributed by atoms with Crippen molar-refractivity contribution < 1.29 is 0 Å². The lowest BCUT2D eigenvalue weighted by molar-refractivity contribution is 0.671. The third-order valence-electron chi connectivity index (χ3n) is 2.75. The molecule has 0 aromatic rings. The molecule has 0 N–H and O–H groups in total. The minimum atomic E-state index is 0.640. The fourth-order valence-corrected chi connectivity index (χ4v) is 1.36. The van der Waals surface area contributed by atoms with Crippen molar-refractivity contribution in [3.05, 3.63) is 35.5 Å². The van der Waals surface area contributed by atoms with Crippen LogP contribution in [-0.4, -0.2) is 0 Å². The maximum Gasteiger partial charge on any atom is -0.0194 e. The molecule has 1 unspecified atom stereocenters. The first kappa shape index (κ1) is 14.2. The van der Waals surface area contributed by atoms with Crippen LogP contribution in [0.2, 0.25) is 0 Å². The molecule has 0 nitrogen and oxygen atoms in total. The Bertz CT molecular complexity index is 251. The molecule has 0 aromatic heterocycles. The van der Waals surface area contributed by atoms with Gasteiger partial charge in [0.25, 0.3) is 0 Å². The summed E-state index contributed by atoms with van der Waals surface area (Å²) in [6.07, 6.45) is 10.0. The van der Waals surface area contributed by atoms with Gasteiger partial charge in [0.05, 0.1) is 0 Å². The molecule has 0 saturated carbocycles. The summed E-state index contributed by atoms with van der Waals surface area (Å²) in [5, 5.41) is 0. The van der Waals surface area contributed by atoms with Crippen LogP contribution < -0.4 is 0 Å². The average molecular weight is 206 g/mol. The van der Waals surface area contributed by atoms with Crippen molar-refractivity contribution in [1.29, 1.82) is 0 Å². The van der Waals surface area contributed by atoms with Gasteiger partial charge in [-0.25, -0.2) is 0 Å². The number of hydrogen-bond donors (Lipinski definition) is 0. The van der Waals surface area contributed by atoms with E-state index in [1.54, 1.807) is 0 Å². The lowest BCUT2D eigenvalue weighted by atomic mass is 9.94. The van der Waals surface area contributed by atoms with Crippen molar-refractivity contribution in [1.82, 2.24) is 0 Å². The molecule has 1 atom stereocenters. The van der Waals surface area contributed by atoms with Gasteiger partial charge >= 0.3 is 0 Å². The molecule has 0 amide bonds. The van der Waals surface area contributed by atoms with E-state index in [1.165, 1.54) is 17.6 Å². The third-order valence-corrected chi connectivity index (χ3v) is 2.75. The number of rotatable bonds is 5. The average Bonchev–Trinajstić information content (AvgIpc) is 2.16. The largest absolute Gasteiger partial charge is 0.0887 e. The summed E-state index contributed by atoms with van der Waals surface area (Å²) in [5.74, 6) is 1.29. The molecule has 86 valence electrons. The Labute approximate surface area is 95.8 Å². The Morgan fingerprint density at radius 3 is 2.20 bits per heavy atom. The van der Waals surface area contributed by atoms with Crippen LogP contribution in [0.4, 0.5) is 0 Å². The molecule has 0 bridgehead atoms. The summed E-state index contributed by atoms with van der Waals surface area (Å²) < 4.78 is 0. The van der Waals surface area contributed by atoms with E-state index in [2.05, 4.69) is 65.8 Å². The molecule has 0 spiro atoms. The van der Waals surface area contributed by atoms with E-state index in [0.29, 0.717) is 11.8 Å². The molecule has 0 fully saturated rings. The van der Waals surface area contributed by atoms with Crippen LogP contribution in [0.3, 0.4) is 0 Å². The maximum absolute atomic E-state index is 2.29. The molecular formula is C15H26. The number of allylic oxidation sites excluding steroid dienone is 6. The fraction of sp³-hybridized carbons (Fsp3) is 0.600. The first-order valence-corrected chi connectivity index (χ1v) is 5.94. The molecular weight excluding hydrogens is 180 g/mol. The lowest BCUT2D eigenvalue weighted by Gasteiger charge is -2.11. The Balaban J connectivity index is 4.25.